The number of allylic oxidation sites excluding steroid dienone is 4. The van der Waals surface area contributed by atoms with Gasteiger partial charge in [-0.05, 0) is 25.0 Å². The van der Waals surface area contributed by atoms with Crippen molar-refractivity contribution in [1.29, 1.82) is 0 Å². The van der Waals surface area contributed by atoms with E-state index in [1.165, 1.54) is 24.1 Å². The van der Waals surface area contributed by atoms with Crippen LogP contribution in [0.25, 0.3) is 0 Å². The zero-order chi connectivity index (χ0) is 8.23. The molecule has 0 amide bonds. The summed E-state index contributed by atoms with van der Waals surface area (Å²) < 4.78 is 0. The third-order valence-corrected chi connectivity index (χ3v) is 2.18. The van der Waals surface area contributed by atoms with Gasteiger partial charge < -0.3 is 4.98 Å². The molecule has 0 saturated carbocycles. The molecule has 1 nitrogen and oxygen atoms in total. The van der Waals surface area contributed by atoms with Crippen LogP contribution in [0.15, 0.2) is 42.1 Å². The van der Waals surface area contributed by atoms with Crippen LogP contribution < -0.4 is 0 Å². The van der Waals surface area contributed by atoms with Crippen molar-refractivity contribution in [1.82, 2.24) is 4.98 Å². The Morgan fingerprint density at radius 2 is 2.42 bits per heavy atom. The average Bonchev–Trinajstić information content (AvgIpc) is 2.59. The number of H-pyrrole nitrogens is 1. The second-order valence-corrected chi connectivity index (χ2v) is 3.16. The van der Waals surface area contributed by atoms with Crippen LogP contribution in [-0.4, -0.2) is 4.98 Å². The summed E-state index contributed by atoms with van der Waals surface area (Å²) >= 11 is 0. The van der Waals surface area contributed by atoms with Crippen LogP contribution in [0.1, 0.15) is 18.5 Å². The summed E-state index contributed by atoms with van der Waals surface area (Å²) in [6, 6.07) is 4.19. The molecule has 1 heterocycles. The molecule has 0 atom stereocenters. The Labute approximate surface area is 72.8 Å². The van der Waals surface area contributed by atoms with E-state index >= 15 is 0 Å². The Kier molecular flexibility index (Phi) is 2.12. The molecule has 1 aliphatic rings. The van der Waals surface area contributed by atoms with Crippen molar-refractivity contribution in [2.24, 2.45) is 0 Å². The van der Waals surface area contributed by atoms with Crippen LogP contribution in [-0.2, 0) is 6.42 Å². The summed E-state index contributed by atoms with van der Waals surface area (Å²) in [6.07, 6.45) is 12.1. The maximum atomic E-state index is 3.22. The predicted octanol–water partition coefficient (Wildman–Crippen LogP) is 2.83. The van der Waals surface area contributed by atoms with Gasteiger partial charge in [0.05, 0.1) is 0 Å². The normalized spacial score (nSPS) is 16.2. The van der Waals surface area contributed by atoms with E-state index in [1.807, 2.05) is 6.20 Å². The molecule has 0 radical (unpaired) electrons. The van der Waals surface area contributed by atoms with E-state index in [2.05, 4.69) is 35.3 Å². The summed E-state index contributed by atoms with van der Waals surface area (Å²) in [6.45, 7) is 0. The van der Waals surface area contributed by atoms with Crippen LogP contribution in [0.4, 0.5) is 0 Å². The van der Waals surface area contributed by atoms with E-state index < -0.39 is 0 Å². The summed E-state index contributed by atoms with van der Waals surface area (Å²) in [4.78, 5) is 3.22. The van der Waals surface area contributed by atoms with Gasteiger partial charge in [-0.2, -0.15) is 0 Å². The van der Waals surface area contributed by atoms with Crippen molar-refractivity contribution < 1.29 is 0 Å². The SMILES string of the molecule is C1=CCCC(Cc2ccc[nH]2)=C1. The van der Waals surface area contributed by atoms with Crippen molar-refractivity contribution in [3.05, 3.63) is 47.8 Å². The third-order valence-electron chi connectivity index (χ3n) is 2.18. The highest BCUT2D eigenvalue weighted by molar-refractivity contribution is 5.22. The summed E-state index contributed by atoms with van der Waals surface area (Å²) in [5, 5.41) is 0. The number of aromatic nitrogens is 1. The lowest BCUT2D eigenvalue weighted by Gasteiger charge is -2.06. The second kappa shape index (κ2) is 3.44. The number of hydrogen-bond acceptors (Lipinski definition) is 0. The first-order valence-corrected chi connectivity index (χ1v) is 4.42. The fourth-order valence-corrected chi connectivity index (χ4v) is 1.52. The molecule has 0 bridgehead atoms. The predicted molar refractivity (Wildman–Crippen MR) is 51.0 cm³/mol. The van der Waals surface area contributed by atoms with Gasteiger partial charge in [0.2, 0.25) is 0 Å². The van der Waals surface area contributed by atoms with E-state index in [1.54, 1.807) is 0 Å². The molecule has 1 aromatic rings. The lowest BCUT2D eigenvalue weighted by atomic mass is 10.0. The van der Waals surface area contributed by atoms with Crippen molar-refractivity contribution >= 4 is 0 Å². The first kappa shape index (κ1) is 7.41. The maximum Gasteiger partial charge on any atom is 0.0188 e. The minimum atomic E-state index is 1.08. The minimum Gasteiger partial charge on any atom is -0.365 e. The molecule has 1 heteroatoms. The van der Waals surface area contributed by atoms with Crippen molar-refractivity contribution in [3.63, 3.8) is 0 Å². The summed E-state index contributed by atoms with van der Waals surface area (Å²) in [5.74, 6) is 0. The number of hydrogen-bond donors (Lipinski definition) is 1. The summed E-state index contributed by atoms with van der Waals surface area (Å²) in [5.41, 5.74) is 2.84. The van der Waals surface area contributed by atoms with E-state index in [4.69, 9.17) is 0 Å². The Morgan fingerprint density at radius 1 is 1.42 bits per heavy atom. The van der Waals surface area contributed by atoms with E-state index in [-0.39, 0.29) is 0 Å². The number of aromatic amines is 1. The molecule has 1 aromatic heterocycles. The van der Waals surface area contributed by atoms with Gasteiger partial charge >= 0.3 is 0 Å². The molecule has 1 aliphatic carbocycles. The molecule has 62 valence electrons. The highest BCUT2D eigenvalue weighted by Crippen LogP contribution is 2.15. The Hall–Kier alpha value is -1.24. The molecule has 0 unspecified atom stereocenters. The Morgan fingerprint density at radius 3 is 3.08 bits per heavy atom. The smallest absolute Gasteiger partial charge is 0.0188 e. The van der Waals surface area contributed by atoms with Crippen molar-refractivity contribution in [2.45, 2.75) is 19.3 Å². The van der Waals surface area contributed by atoms with Crippen LogP contribution >= 0.6 is 0 Å². The Bertz CT molecular complexity index is 291. The van der Waals surface area contributed by atoms with Gasteiger partial charge in [-0.25, -0.2) is 0 Å². The van der Waals surface area contributed by atoms with Crippen LogP contribution in [0.2, 0.25) is 0 Å². The lowest BCUT2D eigenvalue weighted by molar-refractivity contribution is 0.898. The lowest BCUT2D eigenvalue weighted by Crippen LogP contribution is -1.92. The maximum absolute atomic E-state index is 3.22. The van der Waals surface area contributed by atoms with E-state index in [0.717, 1.165) is 6.42 Å². The average molecular weight is 159 g/mol. The van der Waals surface area contributed by atoms with Crippen molar-refractivity contribution in [2.75, 3.05) is 0 Å². The molecule has 2 rings (SSSR count). The standard InChI is InChI=1S/C11H13N/c1-2-5-10(6-3-1)9-11-7-4-8-12-11/h1-2,4-5,7-8,12H,3,6,9H2. The van der Waals surface area contributed by atoms with Gasteiger partial charge in [0, 0.05) is 18.3 Å². The molecule has 0 aliphatic heterocycles. The van der Waals surface area contributed by atoms with E-state index in [9.17, 15) is 0 Å². The highest BCUT2D eigenvalue weighted by Gasteiger charge is 2.00. The van der Waals surface area contributed by atoms with E-state index in [0.29, 0.717) is 0 Å². The molecule has 0 aromatic carbocycles. The molecular formula is C11H13N. The molecule has 1 N–H and O–H groups in total. The van der Waals surface area contributed by atoms with Gasteiger partial charge in [-0.15, -0.1) is 0 Å². The highest BCUT2D eigenvalue weighted by atomic mass is 14.7. The first-order valence-electron chi connectivity index (χ1n) is 4.42. The molecule has 12 heavy (non-hydrogen) atoms. The second-order valence-electron chi connectivity index (χ2n) is 3.16. The molecular weight excluding hydrogens is 146 g/mol. The molecule has 0 saturated heterocycles. The monoisotopic (exact) mass is 159 g/mol. The van der Waals surface area contributed by atoms with Crippen LogP contribution in [0.5, 0.6) is 0 Å². The van der Waals surface area contributed by atoms with Crippen LogP contribution in [0.3, 0.4) is 0 Å². The number of nitrogens with one attached hydrogen (secondary N) is 1. The zero-order valence-corrected chi connectivity index (χ0v) is 7.09. The topological polar surface area (TPSA) is 15.8 Å². The largest absolute Gasteiger partial charge is 0.365 e. The number of rotatable bonds is 2. The fourth-order valence-electron chi connectivity index (χ4n) is 1.52. The first-order chi connectivity index (χ1) is 5.95. The quantitative estimate of drug-likeness (QED) is 0.683. The fraction of sp³-hybridized carbons (Fsp3) is 0.273. The van der Waals surface area contributed by atoms with Gasteiger partial charge in [0.1, 0.15) is 0 Å². The third kappa shape index (κ3) is 1.67. The Balaban J connectivity index is 2.03. The zero-order valence-electron chi connectivity index (χ0n) is 7.09. The van der Waals surface area contributed by atoms with Crippen molar-refractivity contribution in [3.8, 4) is 0 Å². The minimum absolute atomic E-state index is 1.08. The van der Waals surface area contributed by atoms with Gasteiger partial charge in [-0.1, -0.05) is 23.8 Å². The molecule has 0 spiro atoms. The van der Waals surface area contributed by atoms with Gasteiger partial charge in [-0.3, -0.25) is 0 Å². The molecule has 0 fully saturated rings. The van der Waals surface area contributed by atoms with Crippen LogP contribution in [0, 0.1) is 0 Å². The van der Waals surface area contributed by atoms with Gasteiger partial charge in [0.25, 0.3) is 0 Å². The summed E-state index contributed by atoms with van der Waals surface area (Å²) in [7, 11) is 0. The van der Waals surface area contributed by atoms with Gasteiger partial charge in [0.15, 0.2) is 0 Å².